The van der Waals surface area contributed by atoms with Crippen LogP contribution in [0.4, 0.5) is 8.78 Å². The zero-order valence-electron chi connectivity index (χ0n) is 10.5. The van der Waals surface area contributed by atoms with E-state index in [0.717, 1.165) is 12.1 Å². The first-order valence-corrected chi connectivity index (χ1v) is 5.66. The van der Waals surface area contributed by atoms with Crippen LogP contribution in [0.15, 0.2) is 36.4 Å². The van der Waals surface area contributed by atoms with Crippen LogP contribution in [0.3, 0.4) is 0 Å². The quantitative estimate of drug-likeness (QED) is 0.791. The highest BCUT2D eigenvalue weighted by molar-refractivity contribution is 6.09. The Bertz CT molecular complexity index is 616. The van der Waals surface area contributed by atoms with E-state index in [2.05, 4.69) is 0 Å². The molecule has 0 aliphatic heterocycles. The molecule has 98 valence electrons. The molecule has 0 spiro atoms. The van der Waals surface area contributed by atoms with E-state index in [1.54, 1.807) is 6.92 Å². The maximum atomic E-state index is 13.8. The first-order valence-electron chi connectivity index (χ1n) is 5.66. The molecule has 0 unspecified atom stereocenters. The number of ether oxygens (including phenoxy) is 1. The first kappa shape index (κ1) is 13.2. The predicted octanol–water partition coefficient (Wildman–Crippen LogP) is 3.51. The molecule has 0 amide bonds. The van der Waals surface area contributed by atoms with Crippen LogP contribution >= 0.6 is 0 Å². The Morgan fingerprint density at radius 3 is 2.42 bits per heavy atom. The van der Waals surface area contributed by atoms with Gasteiger partial charge >= 0.3 is 0 Å². The monoisotopic (exact) mass is 262 g/mol. The minimum absolute atomic E-state index is 0.106. The lowest BCUT2D eigenvalue weighted by Gasteiger charge is -2.06. The third-order valence-electron chi connectivity index (χ3n) is 2.73. The zero-order chi connectivity index (χ0) is 14.0. The van der Waals surface area contributed by atoms with Crippen LogP contribution in [0.5, 0.6) is 5.75 Å². The van der Waals surface area contributed by atoms with Crippen molar-refractivity contribution in [2.45, 2.75) is 6.92 Å². The molecule has 2 aromatic rings. The van der Waals surface area contributed by atoms with Crippen molar-refractivity contribution in [3.05, 3.63) is 64.7 Å². The summed E-state index contributed by atoms with van der Waals surface area (Å²) in [5, 5.41) is 0. The minimum Gasteiger partial charge on any atom is -0.497 e. The highest BCUT2D eigenvalue weighted by atomic mass is 19.1. The summed E-state index contributed by atoms with van der Waals surface area (Å²) in [5.74, 6) is -1.43. The van der Waals surface area contributed by atoms with Crippen molar-refractivity contribution < 1.29 is 18.3 Å². The summed E-state index contributed by atoms with van der Waals surface area (Å²) in [4.78, 5) is 12.1. The summed E-state index contributed by atoms with van der Waals surface area (Å²) in [7, 11) is 1.41. The van der Waals surface area contributed by atoms with E-state index >= 15 is 0 Å². The Morgan fingerprint density at radius 1 is 1.11 bits per heavy atom. The fraction of sp³-hybridized carbons (Fsp3) is 0.133. The number of benzene rings is 2. The molecule has 0 aromatic heterocycles. The number of halogens is 2. The fourth-order valence-electron chi connectivity index (χ4n) is 1.83. The standard InChI is InChI=1S/C15H12F2O2/c1-9-5-10(7-11(16)6-9)15(18)13-4-3-12(19-2)8-14(13)17/h3-8H,1-2H3. The molecule has 0 aliphatic rings. The summed E-state index contributed by atoms with van der Waals surface area (Å²) in [5.41, 5.74) is 0.629. The summed E-state index contributed by atoms with van der Waals surface area (Å²) >= 11 is 0. The SMILES string of the molecule is COc1ccc(C(=O)c2cc(C)cc(F)c2)c(F)c1. The maximum absolute atomic E-state index is 13.8. The number of hydrogen-bond donors (Lipinski definition) is 0. The molecule has 0 saturated carbocycles. The highest BCUT2D eigenvalue weighted by Gasteiger charge is 2.15. The molecule has 4 heteroatoms. The normalized spacial score (nSPS) is 10.3. The van der Waals surface area contributed by atoms with Crippen molar-refractivity contribution in [1.29, 1.82) is 0 Å². The van der Waals surface area contributed by atoms with E-state index in [1.165, 1.54) is 31.4 Å². The van der Waals surface area contributed by atoms with Crippen molar-refractivity contribution in [3.63, 3.8) is 0 Å². The van der Waals surface area contributed by atoms with Gasteiger partial charge < -0.3 is 4.74 Å². The molecule has 0 bridgehead atoms. The number of carbonyl (C=O) groups is 1. The second-order valence-corrected chi connectivity index (χ2v) is 4.19. The Kier molecular flexibility index (Phi) is 3.60. The number of hydrogen-bond acceptors (Lipinski definition) is 2. The zero-order valence-corrected chi connectivity index (χ0v) is 10.5. The number of ketones is 1. The van der Waals surface area contributed by atoms with Crippen molar-refractivity contribution >= 4 is 5.78 Å². The third-order valence-corrected chi connectivity index (χ3v) is 2.73. The van der Waals surface area contributed by atoms with E-state index < -0.39 is 17.4 Å². The van der Waals surface area contributed by atoms with Gasteiger partial charge in [-0.1, -0.05) is 0 Å². The van der Waals surface area contributed by atoms with Gasteiger partial charge in [0.05, 0.1) is 12.7 Å². The predicted molar refractivity (Wildman–Crippen MR) is 67.5 cm³/mol. The highest BCUT2D eigenvalue weighted by Crippen LogP contribution is 2.20. The molecular weight excluding hydrogens is 250 g/mol. The summed E-state index contributed by atoms with van der Waals surface area (Å²) in [6, 6.07) is 7.87. The average Bonchev–Trinajstić information content (AvgIpc) is 2.36. The Morgan fingerprint density at radius 2 is 1.84 bits per heavy atom. The van der Waals surface area contributed by atoms with Gasteiger partial charge in [-0.15, -0.1) is 0 Å². The van der Waals surface area contributed by atoms with Gasteiger partial charge in [-0.2, -0.15) is 0 Å². The van der Waals surface area contributed by atoms with E-state index in [1.807, 2.05) is 0 Å². The maximum Gasteiger partial charge on any atom is 0.196 e. The third kappa shape index (κ3) is 2.78. The lowest BCUT2D eigenvalue weighted by Crippen LogP contribution is -2.05. The lowest BCUT2D eigenvalue weighted by atomic mass is 10.0. The molecular formula is C15H12F2O2. The molecule has 2 nitrogen and oxygen atoms in total. The van der Waals surface area contributed by atoms with Gasteiger partial charge in [-0.05, 0) is 42.8 Å². The van der Waals surface area contributed by atoms with Gasteiger partial charge in [0, 0.05) is 11.6 Å². The van der Waals surface area contributed by atoms with Crippen LogP contribution < -0.4 is 4.74 Å². The van der Waals surface area contributed by atoms with Crippen molar-refractivity contribution in [2.75, 3.05) is 7.11 Å². The molecule has 0 aliphatic carbocycles. The minimum atomic E-state index is -0.689. The van der Waals surface area contributed by atoms with Gasteiger partial charge in [0.15, 0.2) is 5.78 Å². The molecule has 0 N–H and O–H groups in total. The topological polar surface area (TPSA) is 26.3 Å². The van der Waals surface area contributed by atoms with Crippen molar-refractivity contribution in [3.8, 4) is 5.75 Å². The van der Waals surface area contributed by atoms with Crippen LogP contribution in [-0.4, -0.2) is 12.9 Å². The van der Waals surface area contributed by atoms with Crippen molar-refractivity contribution in [2.24, 2.45) is 0 Å². The molecule has 19 heavy (non-hydrogen) atoms. The molecule has 0 atom stereocenters. The van der Waals surface area contributed by atoms with Crippen LogP contribution in [0, 0.1) is 18.6 Å². The number of methoxy groups -OCH3 is 1. The fourth-order valence-corrected chi connectivity index (χ4v) is 1.83. The Balaban J connectivity index is 2.44. The molecule has 2 aromatic carbocycles. The number of aryl methyl sites for hydroxylation is 1. The molecule has 0 saturated heterocycles. The van der Waals surface area contributed by atoms with E-state index in [0.29, 0.717) is 11.3 Å². The van der Waals surface area contributed by atoms with Gasteiger partial charge in [0.25, 0.3) is 0 Å². The van der Waals surface area contributed by atoms with Gasteiger partial charge in [0.2, 0.25) is 0 Å². The van der Waals surface area contributed by atoms with Gasteiger partial charge in [-0.3, -0.25) is 4.79 Å². The summed E-state index contributed by atoms with van der Waals surface area (Å²) in [6.45, 7) is 1.67. The van der Waals surface area contributed by atoms with E-state index in [-0.39, 0.29) is 11.1 Å². The molecule has 0 heterocycles. The van der Waals surface area contributed by atoms with E-state index in [4.69, 9.17) is 4.74 Å². The van der Waals surface area contributed by atoms with Gasteiger partial charge in [-0.25, -0.2) is 8.78 Å². The van der Waals surface area contributed by atoms with Crippen LogP contribution in [0.25, 0.3) is 0 Å². The molecule has 2 rings (SSSR count). The van der Waals surface area contributed by atoms with Crippen LogP contribution in [0.2, 0.25) is 0 Å². The number of carbonyl (C=O) groups excluding carboxylic acids is 1. The lowest BCUT2D eigenvalue weighted by molar-refractivity contribution is 0.103. The van der Waals surface area contributed by atoms with Crippen LogP contribution in [0.1, 0.15) is 21.5 Å². The summed E-state index contributed by atoms with van der Waals surface area (Å²) < 4.78 is 31.9. The largest absolute Gasteiger partial charge is 0.497 e. The second-order valence-electron chi connectivity index (χ2n) is 4.19. The first-order chi connectivity index (χ1) is 9.01. The summed E-state index contributed by atoms with van der Waals surface area (Å²) in [6.07, 6.45) is 0. The Hall–Kier alpha value is -2.23. The average molecular weight is 262 g/mol. The van der Waals surface area contributed by atoms with Crippen molar-refractivity contribution in [1.82, 2.24) is 0 Å². The number of rotatable bonds is 3. The smallest absolute Gasteiger partial charge is 0.196 e. The van der Waals surface area contributed by atoms with Gasteiger partial charge in [0.1, 0.15) is 17.4 Å². The molecule has 0 fully saturated rings. The van der Waals surface area contributed by atoms with Crippen LogP contribution in [-0.2, 0) is 0 Å². The van der Waals surface area contributed by atoms with E-state index in [9.17, 15) is 13.6 Å². The second kappa shape index (κ2) is 5.18. The molecule has 0 radical (unpaired) electrons. The Labute approximate surface area is 109 Å².